The Morgan fingerprint density at radius 1 is 1.29 bits per heavy atom. The first kappa shape index (κ1) is 14.6. The minimum absolute atomic E-state index is 0.0145. The Labute approximate surface area is 116 Å². The highest BCUT2D eigenvalue weighted by molar-refractivity contribution is 9.11. The molecule has 17 heavy (non-hydrogen) atoms. The zero-order valence-corrected chi connectivity index (χ0v) is 12.3. The lowest BCUT2D eigenvalue weighted by Gasteiger charge is -2.18. The quantitative estimate of drug-likeness (QED) is 0.760. The van der Waals surface area contributed by atoms with Crippen LogP contribution in [0.25, 0.3) is 0 Å². The minimum Gasteiger partial charge on any atom is -0.388 e. The third kappa shape index (κ3) is 4.75. The zero-order chi connectivity index (χ0) is 13.0. The Balaban J connectivity index is 2.73. The number of aliphatic hydroxyl groups excluding tert-OH is 2. The summed E-state index contributed by atoms with van der Waals surface area (Å²) in [5, 5.41) is 22.1. The number of rotatable bonds is 4. The van der Waals surface area contributed by atoms with Crippen molar-refractivity contribution in [2.45, 2.75) is 19.1 Å². The van der Waals surface area contributed by atoms with E-state index >= 15 is 0 Å². The van der Waals surface area contributed by atoms with Crippen molar-refractivity contribution in [1.29, 1.82) is 0 Å². The van der Waals surface area contributed by atoms with Gasteiger partial charge in [-0.05, 0) is 23.8 Å². The van der Waals surface area contributed by atoms with Crippen LogP contribution in [0.3, 0.4) is 0 Å². The van der Waals surface area contributed by atoms with E-state index in [0.29, 0.717) is 5.56 Å². The normalized spacial score (nSPS) is 14.2. The van der Waals surface area contributed by atoms with Gasteiger partial charge in [0.05, 0.1) is 0 Å². The van der Waals surface area contributed by atoms with E-state index in [-0.39, 0.29) is 12.5 Å². The molecule has 1 aromatic rings. The maximum absolute atomic E-state index is 10.7. The lowest BCUT2D eigenvalue weighted by molar-refractivity contribution is -0.119. The molecular formula is C11H13Br2NO3. The van der Waals surface area contributed by atoms with Crippen LogP contribution in [0.1, 0.15) is 18.6 Å². The summed E-state index contributed by atoms with van der Waals surface area (Å²) in [7, 11) is 0. The molecule has 0 saturated carbocycles. The predicted molar refractivity (Wildman–Crippen MR) is 71.5 cm³/mol. The molecule has 0 aliphatic rings. The number of halogens is 2. The summed E-state index contributed by atoms with van der Waals surface area (Å²) < 4.78 is 1.60. The van der Waals surface area contributed by atoms with E-state index in [1.807, 2.05) is 6.07 Å². The molecule has 0 radical (unpaired) electrons. The second kappa shape index (κ2) is 6.49. The highest BCUT2D eigenvalue weighted by Gasteiger charge is 2.19. The molecule has 3 N–H and O–H groups in total. The average molecular weight is 367 g/mol. The molecule has 2 unspecified atom stereocenters. The molecule has 1 rings (SSSR count). The molecule has 0 aromatic heterocycles. The number of aliphatic hydroxyl groups is 2. The number of hydrogen-bond acceptors (Lipinski definition) is 3. The van der Waals surface area contributed by atoms with E-state index in [1.54, 1.807) is 12.1 Å². The average Bonchev–Trinajstić information content (AvgIpc) is 2.23. The van der Waals surface area contributed by atoms with Crippen molar-refractivity contribution < 1.29 is 15.0 Å². The molecule has 0 aliphatic heterocycles. The van der Waals surface area contributed by atoms with Gasteiger partial charge in [0.25, 0.3) is 0 Å². The largest absolute Gasteiger partial charge is 0.388 e. The Kier molecular flexibility index (Phi) is 5.58. The Hall–Kier alpha value is -0.430. The number of hydrogen-bond donors (Lipinski definition) is 3. The fraction of sp³-hybridized carbons (Fsp3) is 0.364. The third-order valence-corrected chi connectivity index (χ3v) is 3.07. The Morgan fingerprint density at radius 2 is 1.82 bits per heavy atom. The summed E-state index contributed by atoms with van der Waals surface area (Å²) in [5.74, 6) is -0.244. The predicted octanol–water partition coefficient (Wildman–Crippen LogP) is 1.74. The van der Waals surface area contributed by atoms with Gasteiger partial charge >= 0.3 is 0 Å². The first-order valence-electron chi connectivity index (χ1n) is 4.96. The van der Waals surface area contributed by atoms with Gasteiger partial charge < -0.3 is 15.5 Å². The summed E-state index contributed by atoms with van der Waals surface area (Å²) in [5.41, 5.74) is 0.573. The Bertz CT molecular complexity index is 391. The number of amides is 1. The topological polar surface area (TPSA) is 69.6 Å². The fourth-order valence-corrected chi connectivity index (χ4v) is 2.66. The van der Waals surface area contributed by atoms with Gasteiger partial charge in [0.2, 0.25) is 5.91 Å². The van der Waals surface area contributed by atoms with Crippen LogP contribution in [0.15, 0.2) is 27.1 Å². The van der Waals surface area contributed by atoms with Crippen LogP contribution in [-0.4, -0.2) is 28.8 Å². The van der Waals surface area contributed by atoms with Crippen molar-refractivity contribution in [2.24, 2.45) is 0 Å². The molecule has 0 spiro atoms. The van der Waals surface area contributed by atoms with Crippen molar-refractivity contribution in [3.05, 3.63) is 32.7 Å². The van der Waals surface area contributed by atoms with Gasteiger partial charge in [-0.25, -0.2) is 0 Å². The summed E-state index contributed by atoms with van der Waals surface area (Å²) in [4.78, 5) is 10.7. The smallest absolute Gasteiger partial charge is 0.216 e. The second-order valence-corrected chi connectivity index (χ2v) is 5.48. The lowest BCUT2D eigenvalue weighted by Crippen LogP contribution is -2.34. The minimum atomic E-state index is -1.05. The van der Waals surface area contributed by atoms with Crippen LogP contribution in [0, 0.1) is 0 Å². The van der Waals surface area contributed by atoms with Crippen LogP contribution < -0.4 is 5.32 Å². The van der Waals surface area contributed by atoms with Gasteiger partial charge in [-0.1, -0.05) is 31.9 Å². The maximum atomic E-state index is 10.7. The SMILES string of the molecule is CC(=O)NCC(O)C(O)c1cc(Br)cc(Br)c1. The molecule has 0 bridgehead atoms. The first-order valence-corrected chi connectivity index (χ1v) is 6.55. The highest BCUT2D eigenvalue weighted by atomic mass is 79.9. The molecule has 0 saturated heterocycles. The van der Waals surface area contributed by atoms with Crippen LogP contribution in [0.4, 0.5) is 0 Å². The van der Waals surface area contributed by atoms with Gasteiger partial charge in [-0.15, -0.1) is 0 Å². The van der Waals surface area contributed by atoms with Crippen molar-refractivity contribution in [2.75, 3.05) is 6.54 Å². The standard InChI is InChI=1S/C11H13Br2NO3/c1-6(15)14-5-10(16)11(17)7-2-8(12)4-9(13)3-7/h2-4,10-11,16-17H,5H2,1H3,(H,14,15). The second-order valence-electron chi connectivity index (χ2n) is 3.65. The molecule has 6 heteroatoms. The van der Waals surface area contributed by atoms with E-state index in [4.69, 9.17) is 0 Å². The van der Waals surface area contributed by atoms with E-state index in [1.165, 1.54) is 6.92 Å². The number of carbonyl (C=O) groups is 1. The molecule has 0 heterocycles. The van der Waals surface area contributed by atoms with Crippen LogP contribution >= 0.6 is 31.9 Å². The number of carbonyl (C=O) groups excluding carboxylic acids is 1. The highest BCUT2D eigenvalue weighted by Crippen LogP contribution is 2.25. The number of benzene rings is 1. The van der Waals surface area contributed by atoms with Crippen LogP contribution in [-0.2, 0) is 4.79 Å². The summed E-state index contributed by atoms with van der Waals surface area (Å²) in [6.07, 6.45) is -2.09. The van der Waals surface area contributed by atoms with Crippen molar-refractivity contribution in [3.8, 4) is 0 Å². The molecule has 94 valence electrons. The molecule has 0 aliphatic carbocycles. The third-order valence-electron chi connectivity index (χ3n) is 2.15. The number of nitrogens with one attached hydrogen (secondary N) is 1. The van der Waals surface area contributed by atoms with E-state index in [9.17, 15) is 15.0 Å². The van der Waals surface area contributed by atoms with Gasteiger partial charge in [-0.3, -0.25) is 4.79 Å². The van der Waals surface area contributed by atoms with Crippen molar-refractivity contribution in [3.63, 3.8) is 0 Å². The fourth-order valence-electron chi connectivity index (χ4n) is 1.33. The summed E-state index contributed by atoms with van der Waals surface area (Å²) in [6.45, 7) is 1.37. The lowest BCUT2D eigenvalue weighted by atomic mass is 10.0. The molecule has 1 amide bonds. The van der Waals surface area contributed by atoms with Crippen LogP contribution in [0.5, 0.6) is 0 Å². The van der Waals surface area contributed by atoms with Gasteiger partial charge in [-0.2, -0.15) is 0 Å². The van der Waals surface area contributed by atoms with E-state index < -0.39 is 12.2 Å². The van der Waals surface area contributed by atoms with Gasteiger partial charge in [0.1, 0.15) is 12.2 Å². The Morgan fingerprint density at radius 3 is 2.29 bits per heavy atom. The van der Waals surface area contributed by atoms with E-state index in [0.717, 1.165) is 8.95 Å². The zero-order valence-electron chi connectivity index (χ0n) is 9.15. The van der Waals surface area contributed by atoms with Crippen molar-refractivity contribution in [1.82, 2.24) is 5.32 Å². The maximum Gasteiger partial charge on any atom is 0.216 e. The van der Waals surface area contributed by atoms with Crippen LogP contribution in [0.2, 0.25) is 0 Å². The monoisotopic (exact) mass is 365 g/mol. The molecule has 4 nitrogen and oxygen atoms in total. The van der Waals surface area contributed by atoms with Gasteiger partial charge in [0, 0.05) is 22.4 Å². The first-order chi connectivity index (χ1) is 7.90. The molecule has 0 fully saturated rings. The van der Waals surface area contributed by atoms with Crippen molar-refractivity contribution >= 4 is 37.8 Å². The summed E-state index contributed by atoms with van der Waals surface area (Å²) >= 11 is 6.60. The molecule has 1 aromatic carbocycles. The molecular weight excluding hydrogens is 354 g/mol. The molecule has 2 atom stereocenters. The summed E-state index contributed by atoms with van der Waals surface area (Å²) in [6, 6.07) is 5.26. The van der Waals surface area contributed by atoms with E-state index in [2.05, 4.69) is 37.2 Å². The van der Waals surface area contributed by atoms with Gasteiger partial charge in [0.15, 0.2) is 0 Å².